The molecule has 0 aliphatic rings. The molecule has 2 N–H and O–H groups in total. The topological polar surface area (TPSA) is 85.5 Å². The van der Waals surface area contributed by atoms with Gasteiger partial charge < -0.3 is 19.5 Å². The van der Waals surface area contributed by atoms with Crippen LogP contribution < -0.4 is 19.5 Å². The molecule has 4 rings (SSSR count). The average Bonchev–Trinajstić information content (AvgIpc) is 3.50. The molecule has 0 spiro atoms. The molecule has 1 amide bonds. The van der Waals surface area contributed by atoms with E-state index in [0.717, 1.165) is 21.3 Å². The van der Waals surface area contributed by atoms with Gasteiger partial charge in [-0.15, -0.1) is 11.3 Å². The first kappa shape index (κ1) is 21.5. The Balaban J connectivity index is 1.65. The summed E-state index contributed by atoms with van der Waals surface area (Å²) in [6.07, 6.45) is 3.79. The number of ether oxygens (including phenoxy) is 3. The van der Waals surface area contributed by atoms with Gasteiger partial charge in [0, 0.05) is 4.88 Å². The molecule has 0 saturated carbocycles. The van der Waals surface area contributed by atoms with E-state index in [1.165, 1.54) is 0 Å². The van der Waals surface area contributed by atoms with Crippen molar-refractivity contribution in [1.82, 2.24) is 15.5 Å². The van der Waals surface area contributed by atoms with E-state index in [1.807, 2.05) is 53.9 Å². The fraction of sp³-hybridized carbons (Fsp3) is 0.167. The van der Waals surface area contributed by atoms with Crippen LogP contribution in [-0.2, 0) is 6.54 Å². The van der Waals surface area contributed by atoms with E-state index in [2.05, 4.69) is 15.5 Å². The van der Waals surface area contributed by atoms with E-state index >= 15 is 0 Å². The lowest BCUT2D eigenvalue weighted by Crippen LogP contribution is -2.22. The zero-order valence-electron chi connectivity index (χ0n) is 18.0. The molecule has 0 aliphatic heterocycles. The number of H-pyrrole nitrogens is 1. The number of methoxy groups -OCH3 is 3. The molecule has 0 fully saturated rings. The normalized spacial score (nSPS) is 11.1. The quantitative estimate of drug-likeness (QED) is 0.405. The Kier molecular flexibility index (Phi) is 6.42. The Morgan fingerprint density at radius 3 is 2.62 bits per heavy atom. The Hall–Kier alpha value is -3.78. The Bertz CT molecular complexity index is 1260. The summed E-state index contributed by atoms with van der Waals surface area (Å²) in [6, 6.07) is 13.2. The highest BCUT2D eigenvalue weighted by Gasteiger charge is 2.19. The summed E-state index contributed by atoms with van der Waals surface area (Å²) in [5.41, 5.74) is 2.82. The Labute approximate surface area is 189 Å². The first-order chi connectivity index (χ1) is 15.6. The van der Waals surface area contributed by atoms with Crippen LogP contribution >= 0.6 is 11.3 Å². The number of carbonyl (C=O) groups is 1. The highest BCUT2D eigenvalue weighted by molar-refractivity contribution is 7.09. The minimum Gasteiger partial charge on any atom is -0.495 e. The molecule has 0 unspecified atom stereocenters. The van der Waals surface area contributed by atoms with Gasteiger partial charge in [-0.25, -0.2) is 0 Å². The van der Waals surface area contributed by atoms with E-state index in [1.54, 1.807) is 38.7 Å². The maximum atomic E-state index is 12.8. The molecular formula is C24H23N3O4S. The van der Waals surface area contributed by atoms with Crippen molar-refractivity contribution in [3.63, 3.8) is 0 Å². The summed E-state index contributed by atoms with van der Waals surface area (Å²) in [7, 11) is 4.76. The molecule has 2 aromatic heterocycles. The maximum absolute atomic E-state index is 12.8. The summed E-state index contributed by atoms with van der Waals surface area (Å²) in [5, 5.41) is 13.1. The number of aromatic nitrogens is 2. The van der Waals surface area contributed by atoms with Crippen LogP contribution in [0.4, 0.5) is 0 Å². The average molecular weight is 450 g/mol. The number of rotatable bonds is 8. The van der Waals surface area contributed by atoms with Gasteiger partial charge in [0.25, 0.3) is 5.91 Å². The zero-order valence-corrected chi connectivity index (χ0v) is 18.8. The van der Waals surface area contributed by atoms with E-state index < -0.39 is 0 Å². The van der Waals surface area contributed by atoms with Gasteiger partial charge >= 0.3 is 0 Å². The summed E-state index contributed by atoms with van der Waals surface area (Å²) in [6.45, 7) is 0.467. The minimum absolute atomic E-state index is 0.201. The first-order valence-electron chi connectivity index (χ1n) is 9.90. The van der Waals surface area contributed by atoms with Gasteiger partial charge in [-0.05, 0) is 47.4 Å². The summed E-state index contributed by atoms with van der Waals surface area (Å²) in [4.78, 5) is 13.9. The summed E-state index contributed by atoms with van der Waals surface area (Å²) < 4.78 is 16.3. The third-order valence-corrected chi connectivity index (χ3v) is 5.88. The van der Waals surface area contributed by atoms with Crippen molar-refractivity contribution in [2.24, 2.45) is 0 Å². The van der Waals surface area contributed by atoms with Crippen LogP contribution in [0.1, 0.15) is 26.5 Å². The molecule has 7 nitrogen and oxygen atoms in total. The Morgan fingerprint density at radius 1 is 1.06 bits per heavy atom. The van der Waals surface area contributed by atoms with Crippen LogP contribution in [0.25, 0.3) is 23.1 Å². The van der Waals surface area contributed by atoms with Crippen molar-refractivity contribution < 1.29 is 19.0 Å². The highest BCUT2D eigenvalue weighted by atomic mass is 32.1. The number of amides is 1. The number of hydrogen-bond donors (Lipinski definition) is 2. The highest BCUT2D eigenvalue weighted by Crippen LogP contribution is 2.33. The molecule has 8 heteroatoms. The van der Waals surface area contributed by atoms with Crippen molar-refractivity contribution in [3.05, 3.63) is 69.5 Å². The second-order valence-corrected chi connectivity index (χ2v) is 7.92. The molecule has 164 valence electrons. The van der Waals surface area contributed by atoms with Crippen LogP contribution in [0, 0.1) is 0 Å². The number of carbonyl (C=O) groups excluding carboxylic acids is 1. The molecule has 0 saturated heterocycles. The molecular weight excluding hydrogens is 426 g/mol. The third kappa shape index (κ3) is 4.31. The van der Waals surface area contributed by atoms with E-state index in [4.69, 9.17) is 14.2 Å². The minimum atomic E-state index is -0.201. The zero-order chi connectivity index (χ0) is 22.5. The predicted molar refractivity (Wildman–Crippen MR) is 127 cm³/mol. The lowest BCUT2D eigenvalue weighted by atomic mass is 10.1. The summed E-state index contributed by atoms with van der Waals surface area (Å²) in [5.74, 6) is 1.58. The van der Waals surface area contributed by atoms with Crippen molar-refractivity contribution >= 4 is 40.3 Å². The lowest BCUT2D eigenvalue weighted by Gasteiger charge is -2.10. The van der Waals surface area contributed by atoms with Crippen LogP contribution in [0.15, 0.2) is 47.8 Å². The fourth-order valence-corrected chi connectivity index (χ4v) is 4.07. The van der Waals surface area contributed by atoms with Gasteiger partial charge in [0.05, 0.1) is 50.0 Å². The number of hydrogen-bond acceptors (Lipinski definition) is 6. The van der Waals surface area contributed by atoms with Crippen LogP contribution in [0.5, 0.6) is 17.2 Å². The SMILES string of the molecule is COc1ccc(C=Cc2n[nH]c3ccc(C(=O)NCc4cccs4)c(OC)c23)cc1OC. The molecule has 0 radical (unpaired) electrons. The largest absolute Gasteiger partial charge is 0.495 e. The van der Waals surface area contributed by atoms with Crippen LogP contribution in [0.2, 0.25) is 0 Å². The predicted octanol–water partition coefficient (Wildman–Crippen LogP) is 4.75. The molecule has 2 heterocycles. The molecule has 4 aromatic rings. The van der Waals surface area contributed by atoms with Crippen molar-refractivity contribution in [1.29, 1.82) is 0 Å². The van der Waals surface area contributed by atoms with Gasteiger partial charge in [-0.3, -0.25) is 9.89 Å². The monoisotopic (exact) mass is 449 g/mol. The standard InChI is InChI=1S/C24H23N3O4S/c1-29-20-11-7-15(13-21(20)30-2)6-9-18-22-19(27-26-18)10-8-17(23(22)31-3)24(28)25-14-16-5-4-12-32-16/h4-13H,14H2,1-3H3,(H,25,28)(H,26,27). The molecule has 0 atom stereocenters. The van der Waals surface area contributed by atoms with E-state index in [9.17, 15) is 4.79 Å². The molecule has 0 aliphatic carbocycles. The summed E-state index contributed by atoms with van der Waals surface area (Å²) >= 11 is 1.60. The fourth-order valence-electron chi connectivity index (χ4n) is 3.43. The van der Waals surface area contributed by atoms with Gasteiger partial charge in [0.1, 0.15) is 5.75 Å². The van der Waals surface area contributed by atoms with Gasteiger partial charge in [-0.1, -0.05) is 18.2 Å². The number of fused-ring (bicyclic) bond motifs is 1. The van der Waals surface area contributed by atoms with Crippen LogP contribution in [-0.4, -0.2) is 37.4 Å². The number of aromatic amines is 1. The van der Waals surface area contributed by atoms with Crippen molar-refractivity contribution in [3.8, 4) is 17.2 Å². The van der Waals surface area contributed by atoms with E-state index in [0.29, 0.717) is 35.1 Å². The smallest absolute Gasteiger partial charge is 0.255 e. The second-order valence-electron chi connectivity index (χ2n) is 6.89. The molecule has 0 bridgehead atoms. The number of thiophene rings is 1. The maximum Gasteiger partial charge on any atom is 0.255 e. The van der Waals surface area contributed by atoms with Gasteiger partial charge in [-0.2, -0.15) is 5.10 Å². The number of benzene rings is 2. The first-order valence-corrected chi connectivity index (χ1v) is 10.8. The third-order valence-electron chi connectivity index (χ3n) is 5.00. The van der Waals surface area contributed by atoms with Crippen molar-refractivity contribution in [2.45, 2.75) is 6.54 Å². The van der Waals surface area contributed by atoms with Crippen LogP contribution in [0.3, 0.4) is 0 Å². The van der Waals surface area contributed by atoms with E-state index in [-0.39, 0.29) is 5.91 Å². The van der Waals surface area contributed by atoms with Gasteiger partial charge in [0.2, 0.25) is 0 Å². The number of nitrogens with zero attached hydrogens (tertiary/aromatic N) is 1. The van der Waals surface area contributed by atoms with Gasteiger partial charge in [0.15, 0.2) is 11.5 Å². The van der Waals surface area contributed by atoms with Crippen molar-refractivity contribution in [2.75, 3.05) is 21.3 Å². The number of nitrogens with one attached hydrogen (secondary N) is 2. The second kappa shape index (κ2) is 9.57. The molecule has 2 aromatic carbocycles. The lowest BCUT2D eigenvalue weighted by molar-refractivity contribution is 0.0948. The molecule has 32 heavy (non-hydrogen) atoms. The Morgan fingerprint density at radius 2 is 1.91 bits per heavy atom.